The van der Waals surface area contributed by atoms with Crippen molar-refractivity contribution in [2.45, 2.75) is 71.6 Å². The highest BCUT2D eigenvalue weighted by atomic mass is 16.7. The fourth-order valence-corrected chi connectivity index (χ4v) is 3.26. The van der Waals surface area contributed by atoms with Crippen molar-refractivity contribution in [3.8, 4) is 5.75 Å². The van der Waals surface area contributed by atoms with E-state index in [0.717, 1.165) is 25.2 Å². The van der Waals surface area contributed by atoms with Crippen LogP contribution in [0.15, 0.2) is 30.3 Å². The molecule has 2 rings (SSSR count). The molecule has 1 atom stereocenters. The number of carbonyl (C=O) groups excluding carboxylic acids is 1. The molecule has 0 bridgehead atoms. The van der Waals surface area contributed by atoms with Gasteiger partial charge in [0.15, 0.2) is 0 Å². The van der Waals surface area contributed by atoms with Gasteiger partial charge in [-0.15, -0.1) is 0 Å². The molecule has 0 fully saturated rings. The van der Waals surface area contributed by atoms with Crippen LogP contribution in [0.5, 0.6) is 5.75 Å². The molecule has 0 heterocycles. The zero-order chi connectivity index (χ0) is 17.9. The number of hydrogen-bond donors (Lipinski definition) is 0. The van der Waals surface area contributed by atoms with Crippen LogP contribution >= 0.6 is 0 Å². The first-order valence-electron chi connectivity index (χ1n) is 9.87. The number of ether oxygens (including phenoxy) is 2. The van der Waals surface area contributed by atoms with Gasteiger partial charge in [0.25, 0.3) is 0 Å². The van der Waals surface area contributed by atoms with Crippen LogP contribution in [0.4, 0.5) is 4.79 Å². The third kappa shape index (κ3) is 6.93. The van der Waals surface area contributed by atoms with Gasteiger partial charge in [0.2, 0.25) is 0 Å². The summed E-state index contributed by atoms with van der Waals surface area (Å²) >= 11 is 0. The summed E-state index contributed by atoms with van der Waals surface area (Å²) in [4.78, 5) is 11.6. The summed E-state index contributed by atoms with van der Waals surface area (Å²) in [6.07, 6.45) is 12.7. The topological polar surface area (TPSA) is 35.5 Å². The number of benzene rings is 1. The predicted octanol–water partition coefficient (Wildman–Crippen LogP) is 6.77. The van der Waals surface area contributed by atoms with Gasteiger partial charge in [-0.05, 0) is 54.9 Å². The van der Waals surface area contributed by atoms with Gasteiger partial charge >= 0.3 is 6.16 Å². The van der Waals surface area contributed by atoms with Crippen molar-refractivity contribution in [1.29, 1.82) is 0 Å². The van der Waals surface area contributed by atoms with E-state index < -0.39 is 6.16 Å². The molecule has 3 heteroatoms. The van der Waals surface area contributed by atoms with E-state index in [1.165, 1.54) is 49.7 Å². The van der Waals surface area contributed by atoms with Gasteiger partial charge in [-0.25, -0.2) is 4.79 Å². The van der Waals surface area contributed by atoms with Crippen LogP contribution < -0.4 is 4.74 Å². The van der Waals surface area contributed by atoms with Crippen molar-refractivity contribution >= 4 is 11.7 Å². The van der Waals surface area contributed by atoms with E-state index in [2.05, 4.69) is 19.9 Å². The molecule has 0 saturated heterocycles. The Morgan fingerprint density at radius 3 is 2.48 bits per heavy atom. The van der Waals surface area contributed by atoms with E-state index >= 15 is 0 Å². The molecule has 1 aliphatic carbocycles. The highest BCUT2D eigenvalue weighted by Crippen LogP contribution is 2.33. The van der Waals surface area contributed by atoms with Gasteiger partial charge in [-0.2, -0.15) is 0 Å². The van der Waals surface area contributed by atoms with E-state index in [0.29, 0.717) is 12.4 Å². The summed E-state index contributed by atoms with van der Waals surface area (Å²) < 4.78 is 10.2. The number of hydrogen-bond acceptors (Lipinski definition) is 3. The number of allylic oxidation sites excluding steroid dienone is 2. The minimum absolute atomic E-state index is 0.416. The minimum Gasteiger partial charge on any atom is -0.434 e. The summed E-state index contributed by atoms with van der Waals surface area (Å²) in [7, 11) is 0. The Labute approximate surface area is 152 Å². The first-order chi connectivity index (χ1) is 12.2. The zero-order valence-electron chi connectivity index (χ0n) is 15.8. The van der Waals surface area contributed by atoms with Crippen LogP contribution in [0.25, 0.3) is 5.57 Å². The lowest BCUT2D eigenvalue weighted by molar-refractivity contribution is 0.0978. The first-order valence-corrected chi connectivity index (χ1v) is 9.87. The molecule has 0 aromatic heterocycles. The summed E-state index contributed by atoms with van der Waals surface area (Å²) in [5.41, 5.74) is 2.66. The molecule has 0 radical (unpaired) electrons. The van der Waals surface area contributed by atoms with Crippen molar-refractivity contribution in [1.82, 2.24) is 0 Å². The van der Waals surface area contributed by atoms with Crippen molar-refractivity contribution in [3.05, 3.63) is 35.9 Å². The van der Waals surface area contributed by atoms with E-state index in [-0.39, 0.29) is 0 Å². The highest BCUT2D eigenvalue weighted by Gasteiger charge is 2.15. The van der Waals surface area contributed by atoms with E-state index in [1.807, 2.05) is 24.3 Å². The maximum atomic E-state index is 11.6. The Kier molecular flexibility index (Phi) is 8.58. The van der Waals surface area contributed by atoms with Crippen LogP contribution in [0.3, 0.4) is 0 Å². The molecule has 1 aliphatic rings. The molecule has 1 aromatic rings. The lowest BCUT2D eigenvalue weighted by atomic mass is 9.84. The quantitative estimate of drug-likeness (QED) is 0.282. The number of rotatable bonds is 9. The van der Waals surface area contributed by atoms with Crippen LogP contribution in [-0.2, 0) is 4.74 Å². The molecule has 0 N–H and O–H groups in total. The Balaban J connectivity index is 1.81. The molecular weight excluding hydrogens is 312 g/mol. The van der Waals surface area contributed by atoms with Crippen LogP contribution in [0, 0.1) is 5.92 Å². The Bertz CT molecular complexity index is 545. The van der Waals surface area contributed by atoms with Gasteiger partial charge in [0.1, 0.15) is 5.75 Å². The minimum atomic E-state index is -0.618. The SMILES string of the molecule is CCCCCC1CC=C(c2ccc(OC(=O)OCCCC)cc2)CC1. The number of carbonyl (C=O) groups is 1. The lowest BCUT2D eigenvalue weighted by Crippen LogP contribution is -2.11. The molecule has 3 nitrogen and oxygen atoms in total. The smallest absolute Gasteiger partial charge is 0.434 e. The summed E-state index contributed by atoms with van der Waals surface area (Å²) in [6, 6.07) is 7.78. The van der Waals surface area contributed by atoms with Gasteiger partial charge in [0, 0.05) is 0 Å². The molecule has 1 unspecified atom stereocenters. The fraction of sp³-hybridized carbons (Fsp3) is 0.591. The maximum absolute atomic E-state index is 11.6. The van der Waals surface area contributed by atoms with Crippen molar-refractivity contribution in [2.75, 3.05) is 6.61 Å². The van der Waals surface area contributed by atoms with Gasteiger partial charge in [-0.3, -0.25) is 0 Å². The summed E-state index contributed by atoms with van der Waals surface area (Å²) in [6.45, 7) is 4.73. The average molecular weight is 344 g/mol. The number of unbranched alkanes of at least 4 members (excludes halogenated alkanes) is 3. The van der Waals surface area contributed by atoms with Crippen molar-refractivity contribution in [2.24, 2.45) is 5.92 Å². The monoisotopic (exact) mass is 344 g/mol. The third-order valence-corrected chi connectivity index (χ3v) is 4.88. The fourth-order valence-electron chi connectivity index (χ4n) is 3.26. The van der Waals surface area contributed by atoms with Gasteiger partial charge in [0.05, 0.1) is 6.61 Å². The second-order valence-electron chi connectivity index (χ2n) is 6.94. The molecule has 25 heavy (non-hydrogen) atoms. The first kappa shape index (κ1) is 19.6. The van der Waals surface area contributed by atoms with E-state index in [4.69, 9.17) is 9.47 Å². The van der Waals surface area contributed by atoms with Crippen LogP contribution in [0.1, 0.15) is 77.2 Å². The Morgan fingerprint density at radius 1 is 1.08 bits per heavy atom. The second-order valence-corrected chi connectivity index (χ2v) is 6.94. The van der Waals surface area contributed by atoms with E-state index in [9.17, 15) is 4.79 Å². The summed E-state index contributed by atoms with van der Waals surface area (Å²) in [5.74, 6) is 1.40. The average Bonchev–Trinajstić information content (AvgIpc) is 2.63. The largest absolute Gasteiger partial charge is 0.513 e. The predicted molar refractivity (Wildman–Crippen MR) is 103 cm³/mol. The lowest BCUT2D eigenvalue weighted by Gasteiger charge is -2.22. The highest BCUT2D eigenvalue weighted by molar-refractivity contribution is 5.68. The second kappa shape index (κ2) is 11.0. The van der Waals surface area contributed by atoms with Crippen LogP contribution in [0.2, 0.25) is 0 Å². The molecular formula is C22H32O3. The Hall–Kier alpha value is -1.77. The van der Waals surface area contributed by atoms with E-state index in [1.54, 1.807) is 0 Å². The normalized spacial score (nSPS) is 17.0. The molecule has 1 aromatic carbocycles. The van der Waals surface area contributed by atoms with Crippen molar-refractivity contribution in [3.63, 3.8) is 0 Å². The molecule has 138 valence electrons. The maximum Gasteiger partial charge on any atom is 0.513 e. The molecule has 0 amide bonds. The van der Waals surface area contributed by atoms with Gasteiger partial charge in [-0.1, -0.05) is 64.2 Å². The standard InChI is InChI=1S/C22H32O3/c1-3-5-7-8-18-9-11-19(12-10-18)20-13-15-21(16-14-20)25-22(23)24-17-6-4-2/h11,13-16,18H,3-10,12,17H2,1-2H3. The molecule has 0 aliphatic heterocycles. The molecule has 0 spiro atoms. The molecule has 0 saturated carbocycles. The third-order valence-electron chi connectivity index (χ3n) is 4.88. The van der Waals surface area contributed by atoms with Crippen molar-refractivity contribution < 1.29 is 14.3 Å². The van der Waals surface area contributed by atoms with Crippen LogP contribution in [-0.4, -0.2) is 12.8 Å². The summed E-state index contributed by atoms with van der Waals surface area (Å²) in [5, 5.41) is 0. The van der Waals surface area contributed by atoms with Gasteiger partial charge < -0.3 is 9.47 Å². The zero-order valence-corrected chi connectivity index (χ0v) is 15.8. The Morgan fingerprint density at radius 2 is 1.84 bits per heavy atom.